The van der Waals surface area contributed by atoms with E-state index in [-0.39, 0.29) is 36.2 Å². The fourth-order valence-electron chi connectivity index (χ4n) is 2.83. The Labute approximate surface area is 137 Å². The van der Waals surface area contributed by atoms with Gasteiger partial charge in [-0.2, -0.15) is 0 Å². The van der Waals surface area contributed by atoms with E-state index in [9.17, 15) is 9.59 Å². The number of carbonyl (C=O) groups is 2. The van der Waals surface area contributed by atoms with Crippen LogP contribution in [0.1, 0.15) is 38.2 Å². The third-order valence-corrected chi connectivity index (χ3v) is 4.26. The number of primary amides is 1. The molecule has 5 nitrogen and oxygen atoms in total. The van der Waals surface area contributed by atoms with Gasteiger partial charge in [-0.1, -0.05) is 36.8 Å². The van der Waals surface area contributed by atoms with Gasteiger partial charge >= 0.3 is 0 Å². The maximum atomic E-state index is 12.5. The number of rotatable bonds is 4. The molecule has 1 saturated carbocycles. The number of hydrogen-bond acceptors (Lipinski definition) is 3. The van der Waals surface area contributed by atoms with Gasteiger partial charge in [-0.15, -0.1) is 12.4 Å². The Hall–Kier alpha value is -1.59. The molecule has 0 aliphatic heterocycles. The van der Waals surface area contributed by atoms with Crippen molar-refractivity contribution in [3.8, 4) is 0 Å². The molecule has 0 saturated heterocycles. The van der Waals surface area contributed by atoms with E-state index in [4.69, 9.17) is 11.5 Å². The molecule has 1 aliphatic carbocycles. The highest BCUT2D eigenvalue weighted by Crippen LogP contribution is 2.25. The van der Waals surface area contributed by atoms with E-state index in [0.717, 1.165) is 24.8 Å². The van der Waals surface area contributed by atoms with Crippen molar-refractivity contribution in [1.29, 1.82) is 0 Å². The quantitative estimate of drug-likeness (QED) is 0.781. The topological polar surface area (TPSA) is 98.2 Å². The van der Waals surface area contributed by atoms with Gasteiger partial charge in [0.2, 0.25) is 11.8 Å². The van der Waals surface area contributed by atoms with Crippen molar-refractivity contribution in [2.45, 2.75) is 44.2 Å². The largest absolute Gasteiger partial charge is 0.369 e. The lowest BCUT2D eigenvalue weighted by Crippen LogP contribution is -2.53. The third-order valence-electron chi connectivity index (χ3n) is 4.26. The summed E-state index contributed by atoms with van der Waals surface area (Å²) in [6.07, 6.45) is 3.16. The summed E-state index contributed by atoms with van der Waals surface area (Å²) in [6, 6.07) is 9.25. The van der Waals surface area contributed by atoms with Gasteiger partial charge in [-0.25, -0.2) is 0 Å². The molecule has 0 heterocycles. The molecular weight excluding hydrogens is 302 g/mol. The molecule has 0 spiro atoms. The van der Waals surface area contributed by atoms with Crippen molar-refractivity contribution < 1.29 is 9.59 Å². The number of amides is 2. The maximum Gasteiger partial charge on any atom is 0.244 e. The Balaban J connectivity index is 0.00000242. The molecule has 1 aromatic carbocycles. The van der Waals surface area contributed by atoms with E-state index >= 15 is 0 Å². The molecule has 0 bridgehead atoms. The Morgan fingerprint density at radius 1 is 1.23 bits per heavy atom. The second-order valence-corrected chi connectivity index (χ2v) is 6.00. The summed E-state index contributed by atoms with van der Waals surface area (Å²) >= 11 is 0. The fourth-order valence-corrected chi connectivity index (χ4v) is 2.83. The van der Waals surface area contributed by atoms with E-state index in [1.165, 1.54) is 0 Å². The minimum Gasteiger partial charge on any atom is -0.369 e. The highest BCUT2D eigenvalue weighted by Gasteiger charge is 2.34. The normalized spacial score (nSPS) is 23.7. The molecule has 1 aliphatic rings. The van der Waals surface area contributed by atoms with Crippen LogP contribution in [0.4, 0.5) is 0 Å². The van der Waals surface area contributed by atoms with E-state index < -0.39 is 5.54 Å². The molecule has 22 heavy (non-hydrogen) atoms. The van der Waals surface area contributed by atoms with E-state index in [2.05, 4.69) is 5.32 Å². The predicted octanol–water partition coefficient (Wildman–Crippen LogP) is 1.44. The number of nitrogens with two attached hydrogens (primary N) is 2. The minimum atomic E-state index is -1.08. The molecular formula is C16H24ClN3O2. The standard InChI is InChI=1S/C16H23N3O2.ClH/c1-16(18,12-7-3-2-4-8-12)15(21)19-13-9-5-6-11(10-13)14(17)20;/h2-4,7-8,11,13H,5-6,9-10,18H2,1H3,(H2,17,20)(H,19,21);1H. The lowest BCUT2D eigenvalue weighted by molar-refractivity contribution is -0.128. The molecule has 0 radical (unpaired) electrons. The van der Waals surface area contributed by atoms with Crippen molar-refractivity contribution in [3.63, 3.8) is 0 Å². The number of benzene rings is 1. The predicted molar refractivity (Wildman–Crippen MR) is 88.3 cm³/mol. The third kappa shape index (κ3) is 4.21. The number of carbonyl (C=O) groups excluding carboxylic acids is 2. The van der Waals surface area contributed by atoms with E-state index in [0.29, 0.717) is 6.42 Å². The zero-order valence-corrected chi connectivity index (χ0v) is 13.6. The first-order valence-electron chi connectivity index (χ1n) is 7.36. The van der Waals surface area contributed by atoms with Gasteiger partial charge < -0.3 is 16.8 Å². The summed E-state index contributed by atoms with van der Waals surface area (Å²) in [4.78, 5) is 23.7. The van der Waals surface area contributed by atoms with Gasteiger partial charge in [0, 0.05) is 12.0 Å². The number of nitrogens with one attached hydrogen (secondary N) is 1. The second-order valence-electron chi connectivity index (χ2n) is 6.00. The molecule has 2 amide bonds. The lowest BCUT2D eigenvalue weighted by atomic mass is 9.84. The van der Waals surface area contributed by atoms with Gasteiger partial charge in [-0.05, 0) is 31.7 Å². The summed E-state index contributed by atoms with van der Waals surface area (Å²) in [6.45, 7) is 1.70. The SMILES string of the molecule is CC(N)(C(=O)NC1CCCC(C(N)=O)C1)c1ccccc1.Cl. The Bertz CT molecular complexity index is 519. The molecule has 2 rings (SSSR count). The van der Waals surface area contributed by atoms with Crippen LogP contribution in [0.2, 0.25) is 0 Å². The van der Waals surface area contributed by atoms with Crippen LogP contribution in [0.25, 0.3) is 0 Å². The van der Waals surface area contributed by atoms with Crippen LogP contribution < -0.4 is 16.8 Å². The zero-order chi connectivity index (χ0) is 15.5. The molecule has 122 valence electrons. The average Bonchev–Trinajstić information content (AvgIpc) is 2.48. The average molecular weight is 326 g/mol. The van der Waals surface area contributed by atoms with Crippen LogP contribution in [-0.4, -0.2) is 17.9 Å². The molecule has 3 atom stereocenters. The second kappa shape index (κ2) is 7.61. The minimum absolute atomic E-state index is 0. The molecule has 3 unspecified atom stereocenters. The van der Waals surface area contributed by atoms with Crippen molar-refractivity contribution >= 4 is 24.2 Å². The summed E-state index contributed by atoms with van der Waals surface area (Å²) in [5.41, 5.74) is 11.2. The summed E-state index contributed by atoms with van der Waals surface area (Å²) in [7, 11) is 0. The molecule has 0 aromatic heterocycles. The monoisotopic (exact) mass is 325 g/mol. The Kier molecular flexibility index (Phi) is 6.38. The lowest BCUT2D eigenvalue weighted by Gasteiger charge is -2.31. The van der Waals surface area contributed by atoms with Crippen molar-refractivity contribution in [2.75, 3.05) is 0 Å². The van der Waals surface area contributed by atoms with Crippen LogP contribution in [0.5, 0.6) is 0 Å². The van der Waals surface area contributed by atoms with Gasteiger partial charge in [0.25, 0.3) is 0 Å². The molecule has 1 aromatic rings. The Morgan fingerprint density at radius 2 is 1.86 bits per heavy atom. The number of halogens is 1. The highest BCUT2D eigenvalue weighted by atomic mass is 35.5. The summed E-state index contributed by atoms with van der Waals surface area (Å²) in [5, 5.41) is 2.97. The van der Waals surface area contributed by atoms with Gasteiger partial charge in [-0.3, -0.25) is 9.59 Å². The smallest absolute Gasteiger partial charge is 0.244 e. The van der Waals surface area contributed by atoms with Gasteiger partial charge in [0.1, 0.15) is 5.54 Å². The van der Waals surface area contributed by atoms with E-state index in [1.54, 1.807) is 6.92 Å². The highest BCUT2D eigenvalue weighted by molar-refractivity contribution is 5.87. The van der Waals surface area contributed by atoms with E-state index in [1.807, 2.05) is 30.3 Å². The molecule has 6 heteroatoms. The Morgan fingerprint density at radius 3 is 2.45 bits per heavy atom. The fraction of sp³-hybridized carbons (Fsp3) is 0.500. The van der Waals surface area contributed by atoms with Crippen molar-refractivity contribution in [3.05, 3.63) is 35.9 Å². The van der Waals surface area contributed by atoms with Crippen LogP contribution in [0.3, 0.4) is 0 Å². The maximum absolute atomic E-state index is 12.5. The van der Waals surface area contributed by atoms with Crippen LogP contribution in [0.15, 0.2) is 30.3 Å². The first-order chi connectivity index (χ1) is 9.91. The van der Waals surface area contributed by atoms with Crippen molar-refractivity contribution in [2.24, 2.45) is 17.4 Å². The van der Waals surface area contributed by atoms with Crippen LogP contribution >= 0.6 is 12.4 Å². The van der Waals surface area contributed by atoms with Crippen LogP contribution in [-0.2, 0) is 15.1 Å². The first-order valence-corrected chi connectivity index (χ1v) is 7.36. The van der Waals surface area contributed by atoms with Crippen molar-refractivity contribution in [1.82, 2.24) is 5.32 Å². The number of hydrogen-bond donors (Lipinski definition) is 3. The van der Waals surface area contributed by atoms with Gasteiger partial charge in [0.15, 0.2) is 0 Å². The summed E-state index contributed by atoms with van der Waals surface area (Å²) < 4.78 is 0. The molecule has 1 fully saturated rings. The van der Waals surface area contributed by atoms with Crippen LogP contribution in [0, 0.1) is 5.92 Å². The summed E-state index contributed by atoms with van der Waals surface area (Å²) in [5.74, 6) is -0.652. The molecule has 5 N–H and O–H groups in total. The first kappa shape index (κ1) is 18.5. The van der Waals surface area contributed by atoms with Gasteiger partial charge in [0.05, 0.1) is 0 Å². The zero-order valence-electron chi connectivity index (χ0n) is 12.7.